The quantitative estimate of drug-likeness (QED) is 0.631. The Morgan fingerprint density at radius 1 is 1.03 bits per heavy atom. The van der Waals surface area contributed by atoms with Crippen molar-refractivity contribution in [3.05, 3.63) is 48.2 Å². The molecule has 4 rings (SSSR count). The van der Waals surface area contributed by atoms with Crippen LogP contribution in [0.25, 0.3) is 0 Å². The summed E-state index contributed by atoms with van der Waals surface area (Å²) in [5.74, 6) is 1.06. The van der Waals surface area contributed by atoms with Gasteiger partial charge in [-0.15, -0.1) is 0 Å². The van der Waals surface area contributed by atoms with Crippen LogP contribution in [0.1, 0.15) is 19.4 Å². The summed E-state index contributed by atoms with van der Waals surface area (Å²) in [6.45, 7) is 8.53. The molecule has 1 aromatic heterocycles. The van der Waals surface area contributed by atoms with E-state index in [1.807, 2.05) is 43.0 Å². The number of benzene rings is 1. The number of hydrogen-bond acceptors (Lipinski definition) is 6. The van der Waals surface area contributed by atoms with E-state index in [1.165, 1.54) is 4.31 Å². The van der Waals surface area contributed by atoms with Crippen molar-refractivity contribution in [1.82, 2.24) is 14.2 Å². The average molecular weight is 458 g/mol. The number of nitrogens with zero attached hydrogens (tertiary/aromatic N) is 5. The van der Waals surface area contributed by atoms with Crippen molar-refractivity contribution in [2.45, 2.75) is 25.2 Å². The third kappa shape index (κ3) is 4.45. The van der Waals surface area contributed by atoms with Crippen molar-refractivity contribution in [2.24, 2.45) is 0 Å². The van der Waals surface area contributed by atoms with E-state index in [0.29, 0.717) is 37.6 Å². The lowest BCUT2D eigenvalue weighted by Crippen LogP contribution is -2.51. The summed E-state index contributed by atoms with van der Waals surface area (Å²) in [4.78, 5) is 23.9. The zero-order chi connectivity index (χ0) is 22.7. The molecule has 2 aliphatic heterocycles. The molecule has 0 N–H and O–H groups in total. The van der Waals surface area contributed by atoms with Crippen LogP contribution in [0.5, 0.6) is 0 Å². The van der Waals surface area contributed by atoms with Crippen LogP contribution in [0.15, 0.2) is 47.5 Å². The van der Waals surface area contributed by atoms with Gasteiger partial charge in [-0.2, -0.15) is 4.31 Å². The molecule has 2 aliphatic rings. The second kappa shape index (κ2) is 9.46. The van der Waals surface area contributed by atoms with Gasteiger partial charge in [-0.1, -0.05) is 19.9 Å². The van der Waals surface area contributed by atoms with Gasteiger partial charge in [-0.3, -0.25) is 4.79 Å². The van der Waals surface area contributed by atoms with E-state index in [0.717, 1.165) is 43.1 Å². The molecule has 172 valence electrons. The second-order valence-electron chi connectivity index (χ2n) is 8.11. The number of rotatable bonds is 7. The molecule has 8 nitrogen and oxygen atoms in total. The van der Waals surface area contributed by atoms with Crippen LogP contribution in [0.4, 0.5) is 11.5 Å². The molecule has 0 radical (unpaired) electrons. The Bertz CT molecular complexity index is 1050. The van der Waals surface area contributed by atoms with Gasteiger partial charge in [-0.05, 0) is 42.3 Å². The van der Waals surface area contributed by atoms with Gasteiger partial charge in [0.2, 0.25) is 15.9 Å². The van der Waals surface area contributed by atoms with E-state index in [2.05, 4.69) is 14.8 Å². The summed E-state index contributed by atoms with van der Waals surface area (Å²) in [7, 11) is -3.48. The molecule has 9 heteroatoms. The summed E-state index contributed by atoms with van der Waals surface area (Å²) in [5, 5.41) is 0. The van der Waals surface area contributed by atoms with Crippen LogP contribution < -0.4 is 9.80 Å². The van der Waals surface area contributed by atoms with Gasteiger partial charge in [0.25, 0.3) is 0 Å². The summed E-state index contributed by atoms with van der Waals surface area (Å²) >= 11 is 0. The van der Waals surface area contributed by atoms with Crippen molar-refractivity contribution in [2.75, 3.05) is 62.2 Å². The smallest absolute Gasteiger partial charge is 0.243 e. The lowest BCUT2D eigenvalue weighted by Gasteiger charge is -2.36. The highest BCUT2D eigenvalue weighted by Gasteiger charge is 2.28. The number of anilines is 2. The maximum atomic E-state index is 12.9. The predicted molar refractivity (Wildman–Crippen MR) is 125 cm³/mol. The van der Waals surface area contributed by atoms with E-state index in [1.54, 1.807) is 18.3 Å². The Labute approximate surface area is 190 Å². The number of pyridine rings is 1. The highest BCUT2D eigenvalue weighted by molar-refractivity contribution is 7.89. The topological polar surface area (TPSA) is 77.1 Å². The highest BCUT2D eigenvalue weighted by atomic mass is 32.2. The lowest BCUT2D eigenvalue weighted by molar-refractivity contribution is -0.130. The molecule has 0 atom stereocenters. The largest absolute Gasteiger partial charge is 0.362 e. The number of piperazine rings is 1. The fourth-order valence-corrected chi connectivity index (χ4v) is 5.98. The maximum absolute atomic E-state index is 12.9. The van der Waals surface area contributed by atoms with Gasteiger partial charge in [0.1, 0.15) is 5.82 Å². The summed E-state index contributed by atoms with van der Waals surface area (Å²) in [5.41, 5.74) is 1.95. The lowest BCUT2D eigenvalue weighted by atomic mass is 10.2. The first-order chi connectivity index (χ1) is 15.4. The number of aromatic nitrogens is 1. The number of hydrogen-bond donors (Lipinski definition) is 0. The van der Waals surface area contributed by atoms with E-state index >= 15 is 0 Å². The molecule has 1 saturated heterocycles. The maximum Gasteiger partial charge on any atom is 0.243 e. The molecule has 2 aromatic rings. The zero-order valence-corrected chi connectivity index (χ0v) is 19.6. The molecule has 0 aliphatic carbocycles. The van der Waals surface area contributed by atoms with Crippen LogP contribution in [0, 0.1) is 0 Å². The molecule has 1 fully saturated rings. The average Bonchev–Trinajstić information content (AvgIpc) is 3.22. The zero-order valence-electron chi connectivity index (χ0n) is 18.8. The van der Waals surface area contributed by atoms with Crippen LogP contribution in [0.2, 0.25) is 0 Å². The minimum Gasteiger partial charge on any atom is -0.362 e. The number of sulfonamides is 1. The Hall–Kier alpha value is -2.65. The summed E-state index contributed by atoms with van der Waals surface area (Å²) in [6.07, 6.45) is 2.54. The fraction of sp³-hybridized carbons (Fsp3) is 0.478. The van der Waals surface area contributed by atoms with E-state index < -0.39 is 10.0 Å². The SMILES string of the molecule is CCN(CC)S(=O)(=O)c1ccc2c(c1)CCN2CC(=O)N1CCN(c2ccccn2)CC1. The standard InChI is InChI=1S/C23H31N5O3S/c1-3-28(4-2)32(30,31)20-8-9-21-19(17-20)10-12-27(21)18-23(29)26-15-13-25(14-16-26)22-7-5-6-11-24-22/h5-9,11,17H,3-4,10,12-16,18H2,1-2H3. The number of carbonyl (C=O) groups is 1. The van der Waals surface area contributed by atoms with Gasteiger partial charge in [0, 0.05) is 57.7 Å². The van der Waals surface area contributed by atoms with Gasteiger partial charge in [0.15, 0.2) is 0 Å². The van der Waals surface area contributed by atoms with Crippen LogP contribution in [0.3, 0.4) is 0 Å². The molecule has 3 heterocycles. The third-order valence-corrected chi connectivity index (χ3v) is 8.36. The molecule has 1 aromatic carbocycles. The third-order valence-electron chi connectivity index (χ3n) is 6.32. The van der Waals surface area contributed by atoms with Crippen molar-refractivity contribution in [1.29, 1.82) is 0 Å². The molecular weight excluding hydrogens is 426 g/mol. The fourth-order valence-electron chi connectivity index (χ4n) is 4.47. The molecule has 0 spiro atoms. The van der Waals surface area contributed by atoms with Gasteiger partial charge in [0.05, 0.1) is 11.4 Å². The van der Waals surface area contributed by atoms with Crippen LogP contribution in [-0.4, -0.2) is 80.9 Å². The first-order valence-corrected chi connectivity index (χ1v) is 12.7. The van der Waals surface area contributed by atoms with Crippen molar-refractivity contribution in [3.8, 4) is 0 Å². The molecule has 0 unspecified atom stereocenters. The Morgan fingerprint density at radius 3 is 2.44 bits per heavy atom. The van der Waals surface area contributed by atoms with Crippen molar-refractivity contribution in [3.63, 3.8) is 0 Å². The minimum absolute atomic E-state index is 0.110. The molecular formula is C23H31N5O3S. The molecule has 0 saturated carbocycles. The molecule has 32 heavy (non-hydrogen) atoms. The van der Waals surface area contributed by atoms with Gasteiger partial charge >= 0.3 is 0 Å². The monoisotopic (exact) mass is 457 g/mol. The van der Waals surface area contributed by atoms with E-state index in [4.69, 9.17) is 0 Å². The predicted octanol–water partition coefficient (Wildman–Crippen LogP) is 1.82. The minimum atomic E-state index is -3.48. The number of carbonyl (C=O) groups excluding carboxylic acids is 1. The first kappa shape index (κ1) is 22.5. The Morgan fingerprint density at radius 2 is 1.78 bits per heavy atom. The van der Waals surface area contributed by atoms with E-state index in [9.17, 15) is 13.2 Å². The van der Waals surface area contributed by atoms with Crippen molar-refractivity contribution >= 4 is 27.4 Å². The van der Waals surface area contributed by atoms with Gasteiger partial charge in [-0.25, -0.2) is 13.4 Å². The highest BCUT2D eigenvalue weighted by Crippen LogP contribution is 2.31. The summed E-state index contributed by atoms with van der Waals surface area (Å²) < 4.78 is 27.1. The second-order valence-corrected chi connectivity index (χ2v) is 10.0. The normalized spacial score (nSPS) is 16.5. The number of amides is 1. The molecule has 0 bridgehead atoms. The van der Waals surface area contributed by atoms with Crippen LogP contribution in [-0.2, 0) is 21.2 Å². The van der Waals surface area contributed by atoms with Gasteiger partial charge < -0.3 is 14.7 Å². The van der Waals surface area contributed by atoms with E-state index in [-0.39, 0.29) is 5.91 Å². The first-order valence-electron chi connectivity index (χ1n) is 11.3. The summed E-state index contributed by atoms with van der Waals surface area (Å²) in [6, 6.07) is 11.2. The Kier molecular flexibility index (Phi) is 6.66. The van der Waals surface area contributed by atoms with Crippen LogP contribution >= 0.6 is 0 Å². The molecule has 1 amide bonds. The van der Waals surface area contributed by atoms with Crippen molar-refractivity contribution < 1.29 is 13.2 Å². The number of fused-ring (bicyclic) bond motifs is 1. The Balaban J connectivity index is 1.38.